The van der Waals surface area contributed by atoms with Crippen molar-refractivity contribution < 1.29 is 20.3 Å². The van der Waals surface area contributed by atoms with Gasteiger partial charge in [0.1, 0.15) is 40.7 Å². The lowest BCUT2D eigenvalue weighted by molar-refractivity contribution is 0.425. The van der Waals surface area contributed by atoms with E-state index >= 15 is 0 Å². The molecule has 6 aromatic heterocycles. The van der Waals surface area contributed by atoms with Crippen LogP contribution in [0.25, 0.3) is 44.9 Å². The Labute approximate surface area is 465 Å². The van der Waals surface area contributed by atoms with E-state index in [2.05, 4.69) is 72.0 Å². The number of nitrogens with one attached hydrogen (secondary N) is 2. The zero-order valence-electron chi connectivity index (χ0n) is 43.6. The highest BCUT2D eigenvalue weighted by atomic mass is 35.5. The highest BCUT2D eigenvalue weighted by molar-refractivity contribution is 6.58. The minimum Gasteiger partial charge on any atom is -0.508 e. The third kappa shape index (κ3) is 14.1. The third-order valence-electron chi connectivity index (χ3n) is 12.8. The molecule has 79 heavy (non-hydrogen) atoms. The molecular weight excluding hydrogens is 1040 g/mol. The van der Waals surface area contributed by atoms with Gasteiger partial charge in [0.15, 0.2) is 16.9 Å². The summed E-state index contributed by atoms with van der Waals surface area (Å²) in [6, 6.07) is 43.4. The SMILES string of the molecule is Cc1nc(Cl)nc2c1ncn2-c1ccccc1.Cc1nc(Cl)nc2nc[nH]c12.Cc1nc(N2CCN(c3ccc(O)cc3)CC2)nc2c1ncn2-c1ccccc1.OB(O)c1ccccc1.Oc1ccc(N2CCNCC2)cc1. The Balaban J connectivity index is 0.000000129. The number of phenols is 2. The number of fused-ring (bicyclic) bond motifs is 3. The second kappa shape index (κ2) is 26.1. The van der Waals surface area contributed by atoms with Crippen LogP contribution in [0.5, 0.6) is 11.5 Å². The zero-order valence-corrected chi connectivity index (χ0v) is 45.1. The lowest BCUT2D eigenvalue weighted by Crippen LogP contribution is -2.47. The van der Waals surface area contributed by atoms with Gasteiger partial charge in [0, 0.05) is 75.1 Å². The Hall–Kier alpha value is -8.73. The molecule has 0 saturated carbocycles. The van der Waals surface area contributed by atoms with E-state index in [9.17, 15) is 5.11 Å². The van der Waals surface area contributed by atoms with E-state index in [0.29, 0.717) is 22.6 Å². The molecule has 6 N–H and O–H groups in total. The first-order valence-electron chi connectivity index (χ1n) is 25.4. The highest BCUT2D eigenvalue weighted by Crippen LogP contribution is 2.25. The van der Waals surface area contributed by atoms with E-state index in [4.69, 9.17) is 48.3 Å². The fourth-order valence-corrected chi connectivity index (χ4v) is 9.13. The van der Waals surface area contributed by atoms with Crippen molar-refractivity contribution in [3.8, 4) is 22.9 Å². The standard InChI is InChI=1S/C22H22N6O.C12H9ClN4.C10H14N2O.C6H7BO2.C6H5ClN4/c1-16-20-21(28(15-23-20)18-5-3-2-4-6-18)25-22(24-16)27-13-11-26(12-14-27)17-7-9-19(29)10-8-17;1-8-10-11(16-12(13)15-8)17(7-14-10)9-5-3-2-4-6-9;13-10-3-1-9(2-4-10)12-7-5-11-6-8-12;8-7(9)6-4-2-1-3-5-6;1-3-4-5(9-2-8-4)11-6(7)10-3/h2-10,15,29H,11-14H2,1H3;2-7H,1H3;1-4,11,13H,5-8H2;1-5,8-9H;2H,1H3,(H,8,9,10,11). The number of rotatable bonds is 6. The second-order valence-electron chi connectivity index (χ2n) is 18.1. The monoisotopic (exact) mass is 1100 g/mol. The molecule has 11 aromatic rings. The second-order valence-corrected chi connectivity index (χ2v) is 18.8. The number of nitrogens with zero attached hydrogens (tertiary/aromatic N) is 14. The van der Waals surface area contributed by atoms with Crippen molar-refractivity contribution in [1.82, 2.24) is 64.3 Å². The van der Waals surface area contributed by atoms with Crippen LogP contribution in [0.15, 0.2) is 159 Å². The van der Waals surface area contributed by atoms with Gasteiger partial charge in [0.25, 0.3) is 0 Å². The molecule has 0 atom stereocenters. The first-order chi connectivity index (χ1) is 38.4. The predicted octanol–water partition coefficient (Wildman–Crippen LogP) is 7.42. The molecule has 5 aromatic carbocycles. The maximum atomic E-state index is 9.49. The van der Waals surface area contributed by atoms with E-state index in [1.54, 1.807) is 61.2 Å². The van der Waals surface area contributed by atoms with Crippen LogP contribution >= 0.6 is 23.2 Å². The minimum absolute atomic E-state index is 0.238. The van der Waals surface area contributed by atoms with Gasteiger partial charge in [0.2, 0.25) is 16.5 Å². The molecule has 402 valence electrons. The van der Waals surface area contributed by atoms with Gasteiger partial charge < -0.3 is 45.3 Å². The average molecular weight is 1100 g/mol. The maximum Gasteiger partial charge on any atom is 0.488 e. The number of aryl methyl sites for hydroxylation is 3. The summed E-state index contributed by atoms with van der Waals surface area (Å²) >= 11 is 11.5. The van der Waals surface area contributed by atoms with Crippen LogP contribution in [-0.4, -0.2) is 139 Å². The summed E-state index contributed by atoms with van der Waals surface area (Å²) in [4.78, 5) is 48.4. The molecule has 2 aliphatic heterocycles. The molecule has 20 nitrogen and oxygen atoms in total. The van der Waals surface area contributed by atoms with Crippen LogP contribution in [0.1, 0.15) is 17.1 Å². The van der Waals surface area contributed by atoms with Crippen LogP contribution in [0, 0.1) is 20.8 Å². The maximum absolute atomic E-state index is 9.49. The van der Waals surface area contributed by atoms with Crippen LogP contribution in [0.2, 0.25) is 10.6 Å². The van der Waals surface area contributed by atoms with Gasteiger partial charge in [-0.05, 0) is 122 Å². The number of para-hydroxylation sites is 2. The lowest BCUT2D eigenvalue weighted by atomic mass is 9.81. The van der Waals surface area contributed by atoms with Gasteiger partial charge >= 0.3 is 7.12 Å². The number of H-pyrrole nitrogens is 1. The number of halogens is 2. The summed E-state index contributed by atoms with van der Waals surface area (Å²) in [7, 11) is -1.34. The van der Waals surface area contributed by atoms with Crippen LogP contribution in [-0.2, 0) is 0 Å². The van der Waals surface area contributed by atoms with Crippen molar-refractivity contribution in [1.29, 1.82) is 0 Å². The number of phenolic OH excluding ortho intramolecular Hbond substituents is 2. The van der Waals surface area contributed by atoms with E-state index < -0.39 is 7.12 Å². The number of imidazole rings is 3. The van der Waals surface area contributed by atoms with Gasteiger partial charge in [0.05, 0.1) is 23.4 Å². The molecule has 0 spiro atoms. The van der Waals surface area contributed by atoms with E-state index in [0.717, 1.165) is 120 Å². The molecule has 2 fully saturated rings. The quantitative estimate of drug-likeness (QED) is 0.0701. The summed E-state index contributed by atoms with van der Waals surface area (Å²) in [5, 5.41) is 39.6. The Kier molecular flexibility index (Phi) is 18.2. The molecular formula is C56H57BCl2N16O4. The van der Waals surface area contributed by atoms with Crippen LogP contribution in [0.3, 0.4) is 0 Å². The molecule has 8 heterocycles. The molecule has 2 aliphatic rings. The third-order valence-corrected chi connectivity index (χ3v) is 13.2. The Morgan fingerprint density at radius 2 is 0.924 bits per heavy atom. The van der Waals surface area contributed by atoms with E-state index in [-0.39, 0.29) is 10.6 Å². The van der Waals surface area contributed by atoms with Crippen LogP contribution in [0.4, 0.5) is 17.3 Å². The number of aromatic amines is 1. The molecule has 23 heteroatoms. The van der Waals surface area contributed by atoms with Crippen molar-refractivity contribution in [2.75, 3.05) is 67.1 Å². The molecule has 13 rings (SSSR count). The first-order valence-corrected chi connectivity index (χ1v) is 26.1. The number of hydrogen-bond acceptors (Lipinski definition) is 17. The van der Waals surface area contributed by atoms with Crippen molar-refractivity contribution in [3.63, 3.8) is 0 Å². The summed E-state index contributed by atoms with van der Waals surface area (Å²) in [6.45, 7) is 13.3. The summed E-state index contributed by atoms with van der Waals surface area (Å²) < 4.78 is 3.91. The fraction of sp³-hybridized carbons (Fsp3) is 0.196. The Bertz CT molecular complexity index is 3690. The van der Waals surface area contributed by atoms with Crippen molar-refractivity contribution >= 4 is 86.6 Å². The number of piperazine rings is 2. The lowest BCUT2D eigenvalue weighted by Gasteiger charge is -2.36. The summed E-state index contributed by atoms with van der Waals surface area (Å²) in [5.74, 6) is 1.37. The number of hydrogen-bond donors (Lipinski definition) is 6. The van der Waals surface area contributed by atoms with Crippen molar-refractivity contribution in [2.45, 2.75) is 20.8 Å². The zero-order chi connectivity index (χ0) is 55.3. The average Bonchev–Trinajstić information content (AvgIpc) is 4.26. The van der Waals surface area contributed by atoms with Crippen LogP contribution < -0.4 is 25.5 Å². The van der Waals surface area contributed by atoms with Gasteiger partial charge in [-0.15, -0.1) is 0 Å². The van der Waals surface area contributed by atoms with Crippen molar-refractivity contribution in [3.05, 3.63) is 186 Å². The molecule has 0 amide bonds. The van der Waals surface area contributed by atoms with E-state index in [1.807, 2.05) is 115 Å². The number of aromatic nitrogens is 12. The summed E-state index contributed by atoms with van der Waals surface area (Å²) in [5.41, 5.74) is 12.0. The van der Waals surface area contributed by atoms with Crippen molar-refractivity contribution in [2.24, 2.45) is 0 Å². The molecule has 0 aliphatic carbocycles. The molecule has 2 saturated heterocycles. The minimum atomic E-state index is -1.34. The largest absolute Gasteiger partial charge is 0.508 e. The Morgan fingerprint density at radius 3 is 1.44 bits per heavy atom. The first kappa shape index (κ1) is 55.0. The highest BCUT2D eigenvalue weighted by Gasteiger charge is 2.22. The summed E-state index contributed by atoms with van der Waals surface area (Å²) in [6.07, 6.45) is 5.12. The molecule has 0 radical (unpaired) electrons. The number of aromatic hydroxyl groups is 2. The Morgan fingerprint density at radius 1 is 0.468 bits per heavy atom. The number of benzene rings is 5. The van der Waals surface area contributed by atoms with Gasteiger partial charge in [-0.25, -0.2) is 29.9 Å². The predicted molar refractivity (Wildman–Crippen MR) is 311 cm³/mol. The normalized spacial score (nSPS) is 13.1. The number of anilines is 3. The molecule has 0 unspecified atom stereocenters. The smallest absolute Gasteiger partial charge is 0.488 e. The molecule has 0 bridgehead atoms. The fourth-order valence-electron chi connectivity index (χ4n) is 8.72. The van der Waals surface area contributed by atoms with Gasteiger partial charge in [-0.3, -0.25) is 9.13 Å². The van der Waals surface area contributed by atoms with E-state index in [1.165, 1.54) is 5.69 Å². The topological polar surface area (TPSA) is 244 Å². The van der Waals surface area contributed by atoms with Gasteiger partial charge in [-0.1, -0.05) is 66.7 Å². The van der Waals surface area contributed by atoms with Gasteiger partial charge in [-0.2, -0.15) is 15.0 Å².